The summed E-state index contributed by atoms with van der Waals surface area (Å²) in [5.41, 5.74) is 4.11. The van der Waals surface area contributed by atoms with Crippen LogP contribution >= 0.6 is 0 Å². The Kier molecular flexibility index (Phi) is 2.20. The average molecular weight is 182 g/mol. The number of H-pyrrole nitrogens is 1. The first-order valence-electron chi connectivity index (χ1n) is 3.66. The highest BCUT2D eigenvalue weighted by Crippen LogP contribution is 2.14. The number of rotatable bonds is 2. The summed E-state index contributed by atoms with van der Waals surface area (Å²) in [6.45, 7) is 1.36. The number of nitrogens with two attached hydrogens (primary N) is 1. The number of carbonyl (C=O) groups is 1. The second-order valence-corrected chi connectivity index (χ2v) is 2.95. The minimum atomic E-state index is -1.47. The second kappa shape index (κ2) is 3.02. The summed E-state index contributed by atoms with van der Waals surface area (Å²) in [4.78, 5) is 23.7. The Labute approximate surface area is 74.2 Å². The van der Waals surface area contributed by atoms with Gasteiger partial charge in [0.05, 0.1) is 0 Å². The third-order valence-corrected chi connectivity index (χ3v) is 1.83. The summed E-state index contributed by atoms with van der Waals surface area (Å²) in [6.07, 6.45) is 1.30. The fraction of sp³-hybridized carbons (Fsp3) is 0.250. The molecule has 0 saturated carbocycles. The monoisotopic (exact) mass is 182 g/mol. The van der Waals surface area contributed by atoms with Crippen LogP contribution in [0.25, 0.3) is 0 Å². The first-order chi connectivity index (χ1) is 5.94. The normalized spacial score (nSPS) is 14.9. The molecule has 1 aromatic heterocycles. The number of pyridine rings is 1. The molecule has 0 spiro atoms. The zero-order valence-corrected chi connectivity index (χ0v) is 7.07. The minimum Gasteiger partial charge on any atom is -0.480 e. The molecular formula is C8H10N2O3. The molecule has 4 N–H and O–H groups in total. The van der Waals surface area contributed by atoms with Crippen LogP contribution in [0.15, 0.2) is 23.1 Å². The zero-order chi connectivity index (χ0) is 10.1. The zero-order valence-electron chi connectivity index (χ0n) is 7.07. The van der Waals surface area contributed by atoms with Crippen molar-refractivity contribution in [3.05, 3.63) is 34.2 Å². The molecule has 0 bridgehead atoms. The lowest BCUT2D eigenvalue weighted by Gasteiger charge is -2.18. The van der Waals surface area contributed by atoms with E-state index in [0.717, 1.165) is 0 Å². The van der Waals surface area contributed by atoms with Crippen molar-refractivity contribution in [3.8, 4) is 0 Å². The topological polar surface area (TPSA) is 96.2 Å². The maximum absolute atomic E-state index is 10.7. The summed E-state index contributed by atoms with van der Waals surface area (Å²) >= 11 is 0. The molecule has 0 fully saturated rings. The fourth-order valence-corrected chi connectivity index (χ4v) is 0.857. The van der Waals surface area contributed by atoms with Gasteiger partial charge in [-0.1, -0.05) is 0 Å². The van der Waals surface area contributed by atoms with Gasteiger partial charge in [-0.15, -0.1) is 0 Å². The SMILES string of the molecule is C[C@](N)(C(=O)O)c1ccc(=O)[nH]c1. The van der Waals surface area contributed by atoms with Gasteiger partial charge in [0.25, 0.3) is 0 Å². The Morgan fingerprint density at radius 2 is 2.23 bits per heavy atom. The van der Waals surface area contributed by atoms with Gasteiger partial charge in [0.15, 0.2) is 0 Å². The Bertz CT molecular complexity index is 361. The van der Waals surface area contributed by atoms with Gasteiger partial charge in [-0.05, 0) is 18.6 Å². The highest BCUT2D eigenvalue weighted by Gasteiger charge is 2.30. The summed E-state index contributed by atoms with van der Waals surface area (Å²) in [5, 5.41) is 8.75. The molecule has 1 aromatic rings. The minimum absolute atomic E-state index is 0.287. The van der Waals surface area contributed by atoms with Gasteiger partial charge in [-0.2, -0.15) is 0 Å². The highest BCUT2D eigenvalue weighted by molar-refractivity contribution is 5.79. The van der Waals surface area contributed by atoms with Crippen LogP contribution in [0.2, 0.25) is 0 Å². The van der Waals surface area contributed by atoms with Crippen molar-refractivity contribution in [2.45, 2.75) is 12.5 Å². The Morgan fingerprint density at radius 1 is 1.62 bits per heavy atom. The molecule has 0 unspecified atom stereocenters. The molecule has 1 rings (SSSR count). The van der Waals surface area contributed by atoms with E-state index in [-0.39, 0.29) is 5.56 Å². The van der Waals surface area contributed by atoms with Crippen LogP contribution in [0.4, 0.5) is 0 Å². The number of aromatic nitrogens is 1. The molecule has 0 aromatic carbocycles. The predicted octanol–water partition coefficient (Wildman–Crippen LogP) is -0.367. The van der Waals surface area contributed by atoms with Crippen molar-refractivity contribution < 1.29 is 9.90 Å². The molecule has 0 aliphatic heterocycles. The third kappa shape index (κ3) is 1.75. The van der Waals surface area contributed by atoms with E-state index in [9.17, 15) is 9.59 Å². The molecular weight excluding hydrogens is 172 g/mol. The predicted molar refractivity (Wildman–Crippen MR) is 46.2 cm³/mol. The van der Waals surface area contributed by atoms with Crippen LogP contribution in [0.3, 0.4) is 0 Å². The molecule has 0 aliphatic carbocycles. The van der Waals surface area contributed by atoms with E-state index < -0.39 is 11.5 Å². The molecule has 0 aliphatic rings. The van der Waals surface area contributed by atoms with Gasteiger partial charge < -0.3 is 15.8 Å². The molecule has 1 atom stereocenters. The van der Waals surface area contributed by atoms with Crippen molar-refractivity contribution >= 4 is 5.97 Å². The van der Waals surface area contributed by atoms with Gasteiger partial charge in [-0.25, -0.2) is 4.79 Å². The summed E-state index contributed by atoms with van der Waals surface area (Å²) in [6, 6.07) is 2.64. The number of carboxylic acid groups (broad SMARTS) is 1. The van der Waals surface area contributed by atoms with Crippen LogP contribution in [0.1, 0.15) is 12.5 Å². The first kappa shape index (κ1) is 9.47. The van der Waals surface area contributed by atoms with E-state index in [1.54, 1.807) is 0 Å². The van der Waals surface area contributed by atoms with Crippen LogP contribution in [-0.4, -0.2) is 16.1 Å². The standard InChI is InChI=1S/C8H10N2O3/c1-8(9,7(12)13)5-2-3-6(11)10-4-5/h2-4H,9H2,1H3,(H,10,11)(H,12,13)/t8-/m1/s1. The van der Waals surface area contributed by atoms with E-state index in [0.29, 0.717) is 5.56 Å². The van der Waals surface area contributed by atoms with E-state index in [2.05, 4.69) is 4.98 Å². The van der Waals surface area contributed by atoms with Gasteiger partial charge in [-0.3, -0.25) is 4.79 Å². The Balaban J connectivity index is 3.15. The number of aromatic amines is 1. The second-order valence-electron chi connectivity index (χ2n) is 2.95. The largest absolute Gasteiger partial charge is 0.480 e. The van der Waals surface area contributed by atoms with Crippen LogP contribution in [0, 0.1) is 0 Å². The number of aliphatic carboxylic acids is 1. The molecule has 1 heterocycles. The van der Waals surface area contributed by atoms with Crippen LogP contribution in [0.5, 0.6) is 0 Å². The highest BCUT2D eigenvalue weighted by atomic mass is 16.4. The molecule has 13 heavy (non-hydrogen) atoms. The van der Waals surface area contributed by atoms with E-state index in [1.807, 2.05) is 0 Å². The van der Waals surface area contributed by atoms with Crippen molar-refractivity contribution in [1.82, 2.24) is 4.98 Å². The third-order valence-electron chi connectivity index (χ3n) is 1.83. The smallest absolute Gasteiger partial charge is 0.328 e. The number of carboxylic acids is 1. The van der Waals surface area contributed by atoms with Gasteiger partial charge in [0, 0.05) is 12.3 Å². The Morgan fingerprint density at radius 3 is 2.62 bits per heavy atom. The molecule has 5 nitrogen and oxygen atoms in total. The number of hydrogen-bond donors (Lipinski definition) is 3. The first-order valence-corrected chi connectivity index (χ1v) is 3.66. The van der Waals surface area contributed by atoms with Crippen molar-refractivity contribution in [2.24, 2.45) is 5.73 Å². The summed E-state index contributed by atoms with van der Waals surface area (Å²) < 4.78 is 0. The number of hydrogen-bond acceptors (Lipinski definition) is 3. The van der Waals surface area contributed by atoms with E-state index in [1.165, 1.54) is 25.3 Å². The van der Waals surface area contributed by atoms with Crippen LogP contribution < -0.4 is 11.3 Å². The molecule has 0 amide bonds. The molecule has 70 valence electrons. The van der Waals surface area contributed by atoms with Crippen molar-refractivity contribution in [1.29, 1.82) is 0 Å². The van der Waals surface area contributed by atoms with E-state index in [4.69, 9.17) is 10.8 Å². The molecule has 0 radical (unpaired) electrons. The van der Waals surface area contributed by atoms with E-state index >= 15 is 0 Å². The number of nitrogens with one attached hydrogen (secondary N) is 1. The summed E-state index contributed by atoms with van der Waals surface area (Å²) in [7, 11) is 0. The molecule has 0 saturated heterocycles. The van der Waals surface area contributed by atoms with Crippen molar-refractivity contribution in [3.63, 3.8) is 0 Å². The lowest BCUT2D eigenvalue weighted by molar-refractivity contribution is -0.143. The lowest BCUT2D eigenvalue weighted by Crippen LogP contribution is -2.42. The maximum Gasteiger partial charge on any atom is 0.328 e. The lowest BCUT2D eigenvalue weighted by atomic mass is 9.95. The fourth-order valence-electron chi connectivity index (χ4n) is 0.857. The summed E-state index contributed by atoms with van der Waals surface area (Å²) in [5.74, 6) is -1.14. The van der Waals surface area contributed by atoms with Crippen molar-refractivity contribution in [2.75, 3.05) is 0 Å². The quantitative estimate of drug-likeness (QED) is 0.581. The maximum atomic E-state index is 10.7. The van der Waals surface area contributed by atoms with Gasteiger partial charge in [0.1, 0.15) is 5.54 Å². The average Bonchev–Trinajstić information content (AvgIpc) is 2.04. The van der Waals surface area contributed by atoms with Gasteiger partial charge in [0.2, 0.25) is 5.56 Å². The molecule has 5 heteroatoms. The van der Waals surface area contributed by atoms with Gasteiger partial charge >= 0.3 is 5.97 Å². The van der Waals surface area contributed by atoms with Crippen LogP contribution in [-0.2, 0) is 10.3 Å². The Hall–Kier alpha value is -1.62.